The second kappa shape index (κ2) is 7.05. The lowest BCUT2D eigenvalue weighted by atomic mass is 9.93. The van der Waals surface area contributed by atoms with Crippen LogP contribution in [0.5, 0.6) is 5.75 Å². The van der Waals surface area contributed by atoms with E-state index in [9.17, 15) is 9.83 Å². The number of nitrogens with one attached hydrogen (secondary N) is 1. The topological polar surface area (TPSA) is 67.0 Å². The molecule has 136 valence electrons. The molecule has 5 nitrogen and oxygen atoms in total. The third kappa shape index (κ3) is 3.43. The van der Waals surface area contributed by atoms with Crippen LogP contribution < -0.4 is 9.82 Å². The second-order valence-electron chi connectivity index (χ2n) is 6.83. The number of benzene rings is 1. The minimum atomic E-state index is -2.39. The number of aryl methyl sites for hydroxylation is 1. The van der Waals surface area contributed by atoms with Gasteiger partial charge in [-0.25, -0.2) is 0 Å². The molecule has 0 amide bonds. The zero-order valence-electron chi connectivity index (χ0n) is 15.6. The monoisotopic (exact) mass is 369 g/mol. The summed E-state index contributed by atoms with van der Waals surface area (Å²) in [4.78, 5) is 0. The van der Waals surface area contributed by atoms with Gasteiger partial charge in [0.05, 0.1) is 18.2 Å². The molecule has 1 aromatic heterocycles. The Morgan fingerprint density at radius 2 is 2.19 bits per heavy atom. The standard InChI is InChI=1S/C20H24N3O2P/c1-5-23-19-12-16(25-2)9-10-17(19)18(13-21)20(23)14-7-6-8-15(11-14)22-26(3,4)24/h6,8-12,14H,5,7H2,1-4H3,(H,22,24). The number of nitrogens with zero attached hydrogens (tertiary/aromatic N) is 2. The normalized spacial score (nSPS) is 17.0. The molecule has 6 heteroatoms. The summed E-state index contributed by atoms with van der Waals surface area (Å²) in [6, 6.07) is 8.23. The molecule has 2 aromatic rings. The van der Waals surface area contributed by atoms with Crippen molar-refractivity contribution in [2.45, 2.75) is 25.8 Å². The van der Waals surface area contributed by atoms with Crippen molar-refractivity contribution in [3.05, 3.63) is 53.4 Å². The van der Waals surface area contributed by atoms with E-state index in [4.69, 9.17) is 4.74 Å². The average molecular weight is 369 g/mol. The molecule has 1 atom stereocenters. The highest BCUT2D eigenvalue weighted by molar-refractivity contribution is 7.60. The fraction of sp³-hybridized carbons (Fsp3) is 0.350. The van der Waals surface area contributed by atoms with E-state index in [0.29, 0.717) is 5.56 Å². The maximum atomic E-state index is 12.1. The third-order valence-corrected chi connectivity index (χ3v) is 5.35. The van der Waals surface area contributed by atoms with Gasteiger partial charge in [0.1, 0.15) is 11.8 Å². The summed E-state index contributed by atoms with van der Waals surface area (Å²) >= 11 is 0. The predicted octanol–water partition coefficient (Wildman–Crippen LogP) is 4.60. The highest BCUT2D eigenvalue weighted by Gasteiger charge is 2.24. The molecular weight excluding hydrogens is 345 g/mol. The molecular formula is C20H24N3O2P. The number of aromatic nitrogens is 1. The zero-order valence-corrected chi connectivity index (χ0v) is 16.5. The van der Waals surface area contributed by atoms with Gasteiger partial charge >= 0.3 is 0 Å². The Bertz CT molecular complexity index is 989. The van der Waals surface area contributed by atoms with Crippen molar-refractivity contribution in [2.75, 3.05) is 20.4 Å². The second-order valence-corrected chi connectivity index (χ2v) is 9.75. The maximum absolute atomic E-state index is 12.1. The van der Waals surface area contributed by atoms with Crippen LogP contribution in [0.2, 0.25) is 0 Å². The number of fused-ring (bicyclic) bond motifs is 1. The van der Waals surface area contributed by atoms with Gasteiger partial charge < -0.3 is 19.0 Å². The Hall–Kier alpha value is -2.44. The highest BCUT2D eigenvalue weighted by atomic mass is 31.2. The summed E-state index contributed by atoms with van der Waals surface area (Å²) in [5.41, 5.74) is 3.57. The number of methoxy groups -OCH3 is 1. The third-order valence-electron chi connectivity index (χ3n) is 4.56. The predicted molar refractivity (Wildman–Crippen MR) is 106 cm³/mol. The van der Waals surface area contributed by atoms with Crippen molar-refractivity contribution in [1.29, 1.82) is 5.26 Å². The minimum Gasteiger partial charge on any atom is -0.497 e. The molecule has 0 saturated heterocycles. The van der Waals surface area contributed by atoms with Crippen LogP contribution in [0.1, 0.15) is 30.5 Å². The van der Waals surface area contributed by atoms with Gasteiger partial charge in [-0.1, -0.05) is 12.2 Å². The molecule has 1 heterocycles. The first-order valence-corrected chi connectivity index (χ1v) is 11.3. The summed E-state index contributed by atoms with van der Waals surface area (Å²) in [6.07, 6.45) is 6.93. The van der Waals surface area contributed by atoms with Crippen LogP contribution >= 0.6 is 7.29 Å². The Kier molecular flexibility index (Phi) is 4.98. The van der Waals surface area contributed by atoms with E-state index in [0.717, 1.165) is 41.0 Å². The molecule has 26 heavy (non-hydrogen) atoms. The fourth-order valence-electron chi connectivity index (χ4n) is 3.58. The number of nitriles is 1. The van der Waals surface area contributed by atoms with E-state index < -0.39 is 7.29 Å². The molecule has 0 radical (unpaired) electrons. The molecule has 0 aliphatic heterocycles. The lowest BCUT2D eigenvalue weighted by Crippen LogP contribution is -2.14. The molecule has 1 aliphatic carbocycles. The van der Waals surface area contributed by atoms with Crippen LogP contribution in [-0.4, -0.2) is 25.0 Å². The largest absolute Gasteiger partial charge is 0.497 e. The highest BCUT2D eigenvalue weighted by Crippen LogP contribution is 2.39. The van der Waals surface area contributed by atoms with Crippen molar-refractivity contribution in [2.24, 2.45) is 0 Å². The summed E-state index contributed by atoms with van der Waals surface area (Å²) in [7, 11) is -0.741. The minimum absolute atomic E-state index is 0.0574. The Balaban J connectivity index is 2.17. The summed E-state index contributed by atoms with van der Waals surface area (Å²) < 4.78 is 19.7. The number of allylic oxidation sites excluding steroid dienone is 3. The molecule has 1 N–H and O–H groups in total. The smallest absolute Gasteiger partial charge is 0.164 e. The molecule has 0 saturated carbocycles. The van der Waals surface area contributed by atoms with E-state index in [1.54, 1.807) is 20.4 Å². The summed E-state index contributed by atoms with van der Waals surface area (Å²) in [5, 5.41) is 13.9. The average Bonchev–Trinajstić information content (AvgIpc) is 2.92. The molecule has 1 aliphatic rings. The van der Waals surface area contributed by atoms with Gasteiger partial charge in [-0.15, -0.1) is 0 Å². The van der Waals surface area contributed by atoms with Crippen LogP contribution in [0.25, 0.3) is 10.9 Å². The van der Waals surface area contributed by atoms with Gasteiger partial charge in [0.15, 0.2) is 7.29 Å². The van der Waals surface area contributed by atoms with Crippen LogP contribution in [0.15, 0.2) is 42.1 Å². The first kappa shape index (κ1) is 18.4. The molecule has 0 bridgehead atoms. The van der Waals surface area contributed by atoms with Gasteiger partial charge in [-0.05, 0) is 31.6 Å². The number of rotatable bonds is 5. The van der Waals surface area contributed by atoms with E-state index in [1.165, 1.54) is 0 Å². The molecule has 0 spiro atoms. The van der Waals surface area contributed by atoms with Crippen molar-refractivity contribution < 1.29 is 9.30 Å². The van der Waals surface area contributed by atoms with E-state index >= 15 is 0 Å². The van der Waals surface area contributed by atoms with Crippen molar-refractivity contribution in [3.8, 4) is 11.8 Å². The van der Waals surface area contributed by atoms with Crippen molar-refractivity contribution in [1.82, 2.24) is 9.65 Å². The molecule has 1 unspecified atom stereocenters. The zero-order chi connectivity index (χ0) is 18.9. The molecule has 0 fully saturated rings. The van der Waals surface area contributed by atoms with Gasteiger partial charge in [0, 0.05) is 48.6 Å². The van der Waals surface area contributed by atoms with Gasteiger partial charge in [-0.2, -0.15) is 5.26 Å². The quantitative estimate of drug-likeness (QED) is 0.783. The first-order valence-electron chi connectivity index (χ1n) is 8.69. The number of ether oxygens (including phenoxy) is 1. The summed E-state index contributed by atoms with van der Waals surface area (Å²) in [6.45, 7) is 6.26. The molecule has 3 rings (SSSR count). The van der Waals surface area contributed by atoms with Gasteiger partial charge in [-0.3, -0.25) is 0 Å². The fourth-order valence-corrected chi connectivity index (χ4v) is 4.35. The maximum Gasteiger partial charge on any atom is 0.164 e. The van der Waals surface area contributed by atoms with E-state index in [-0.39, 0.29) is 5.92 Å². The SMILES string of the molecule is CCn1c(C2C=C(NP(C)(C)=O)C=CC2)c(C#N)c2ccc(OC)cc21. The van der Waals surface area contributed by atoms with Crippen molar-refractivity contribution >= 4 is 18.2 Å². The lowest BCUT2D eigenvalue weighted by molar-refractivity contribution is 0.415. The first-order chi connectivity index (χ1) is 12.4. The van der Waals surface area contributed by atoms with Gasteiger partial charge in [0.25, 0.3) is 0 Å². The number of hydrogen-bond donors (Lipinski definition) is 1. The van der Waals surface area contributed by atoms with E-state index in [2.05, 4.69) is 34.8 Å². The van der Waals surface area contributed by atoms with Crippen LogP contribution in [0.3, 0.4) is 0 Å². The Morgan fingerprint density at radius 3 is 2.81 bits per heavy atom. The van der Waals surface area contributed by atoms with Crippen LogP contribution in [0.4, 0.5) is 0 Å². The Morgan fingerprint density at radius 1 is 1.42 bits per heavy atom. The Labute approximate surface area is 154 Å². The van der Waals surface area contributed by atoms with Crippen LogP contribution in [-0.2, 0) is 11.1 Å². The lowest BCUT2D eigenvalue weighted by Gasteiger charge is -2.21. The summed E-state index contributed by atoms with van der Waals surface area (Å²) in [5.74, 6) is 0.835. The van der Waals surface area contributed by atoms with Gasteiger partial charge in [0.2, 0.25) is 0 Å². The van der Waals surface area contributed by atoms with Crippen molar-refractivity contribution in [3.63, 3.8) is 0 Å². The number of hydrogen-bond acceptors (Lipinski definition) is 3. The van der Waals surface area contributed by atoms with E-state index in [1.807, 2.05) is 24.3 Å². The molecule has 1 aromatic carbocycles. The van der Waals surface area contributed by atoms with Crippen LogP contribution in [0, 0.1) is 11.3 Å².